The van der Waals surface area contributed by atoms with E-state index >= 15 is 0 Å². The van der Waals surface area contributed by atoms with Crippen LogP contribution in [0.15, 0.2) is 18.2 Å². The molecule has 1 N–H and O–H groups in total. The Bertz CT molecular complexity index is 819. The minimum Gasteiger partial charge on any atom is -0.543 e. The molecule has 6 nitrogen and oxygen atoms in total. The quantitative estimate of drug-likeness (QED) is 0.239. The van der Waals surface area contributed by atoms with E-state index in [0.29, 0.717) is 0 Å². The summed E-state index contributed by atoms with van der Waals surface area (Å²) in [5, 5.41) is 2.76. The SMILES string of the molecule is CC(C)(C)OC(=O)N[C@@H](Cc1cc(O[Si](C)(C)C(C)(C)C)ccc1I)C(=O)OC(C)(C)C. The van der Waals surface area contributed by atoms with Crippen molar-refractivity contribution in [2.45, 2.75) is 104 Å². The van der Waals surface area contributed by atoms with E-state index in [-0.39, 0.29) is 11.5 Å². The predicted molar refractivity (Wildman–Crippen MR) is 140 cm³/mol. The van der Waals surface area contributed by atoms with Crippen molar-refractivity contribution in [1.82, 2.24) is 5.32 Å². The summed E-state index contributed by atoms with van der Waals surface area (Å²) in [4.78, 5) is 25.3. The van der Waals surface area contributed by atoms with Crippen LogP contribution in [-0.2, 0) is 20.7 Å². The molecule has 0 heterocycles. The highest BCUT2D eigenvalue weighted by Crippen LogP contribution is 2.37. The molecule has 1 aromatic rings. The van der Waals surface area contributed by atoms with Crippen LogP contribution < -0.4 is 9.74 Å². The Kier molecular flexibility index (Phi) is 9.27. The van der Waals surface area contributed by atoms with Gasteiger partial charge in [0.2, 0.25) is 8.32 Å². The molecule has 8 heteroatoms. The molecule has 32 heavy (non-hydrogen) atoms. The number of ether oxygens (including phenoxy) is 2. The molecule has 1 amide bonds. The maximum Gasteiger partial charge on any atom is 0.408 e. The van der Waals surface area contributed by atoms with Crippen molar-refractivity contribution in [2.75, 3.05) is 0 Å². The molecule has 0 saturated heterocycles. The fourth-order valence-corrected chi connectivity index (χ4v) is 4.03. The highest BCUT2D eigenvalue weighted by molar-refractivity contribution is 14.1. The summed E-state index contributed by atoms with van der Waals surface area (Å²) in [7, 11) is -2.02. The van der Waals surface area contributed by atoms with Gasteiger partial charge in [0.05, 0.1) is 0 Å². The molecule has 182 valence electrons. The fourth-order valence-electron chi connectivity index (χ4n) is 2.45. The molecule has 0 radical (unpaired) electrons. The monoisotopic (exact) mass is 577 g/mol. The molecule has 0 bridgehead atoms. The zero-order valence-electron chi connectivity index (χ0n) is 21.4. The van der Waals surface area contributed by atoms with Crippen LogP contribution in [0.5, 0.6) is 5.75 Å². The highest BCUT2D eigenvalue weighted by atomic mass is 127. The second-order valence-electron chi connectivity index (χ2n) is 11.6. The number of hydrogen-bond acceptors (Lipinski definition) is 5. The van der Waals surface area contributed by atoms with Gasteiger partial charge >= 0.3 is 12.1 Å². The minimum atomic E-state index is -2.02. The van der Waals surface area contributed by atoms with Crippen molar-refractivity contribution >= 4 is 43.0 Å². The van der Waals surface area contributed by atoms with E-state index in [1.807, 2.05) is 18.2 Å². The summed E-state index contributed by atoms with van der Waals surface area (Å²) in [6.07, 6.45) is -0.391. The number of halogens is 1. The largest absolute Gasteiger partial charge is 0.543 e. The van der Waals surface area contributed by atoms with Crippen LogP contribution in [0.2, 0.25) is 18.1 Å². The van der Waals surface area contributed by atoms with Crippen LogP contribution in [0.3, 0.4) is 0 Å². The number of carbonyl (C=O) groups is 2. The third kappa shape index (κ3) is 9.68. The second kappa shape index (κ2) is 10.3. The maximum absolute atomic E-state index is 12.9. The molecule has 0 spiro atoms. The first-order valence-corrected chi connectivity index (χ1v) is 14.9. The molecule has 0 aromatic heterocycles. The summed E-state index contributed by atoms with van der Waals surface area (Å²) in [6.45, 7) is 21.7. The third-order valence-corrected chi connectivity index (χ3v) is 10.4. The van der Waals surface area contributed by atoms with Crippen LogP contribution in [0.25, 0.3) is 0 Å². The smallest absolute Gasteiger partial charge is 0.408 e. The summed E-state index contributed by atoms with van der Waals surface area (Å²) in [6, 6.07) is 4.99. The fraction of sp³-hybridized carbons (Fsp3) is 0.667. The van der Waals surface area contributed by atoms with Gasteiger partial charge < -0.3 is 19.2 Å². The molecule has 0 fully saturated rings. The molecule has 0 aliphatic rings. The normalized spacial score (nSPS) is 13.9. The van der Waals surface area contributed by atoms with Crippen molar-refractivity contribution in [3.8, 4) is 5.75 Å². The van der Waals surface area contributed by atoms with Gasteiger partial charge in [-0.1, -0.05) is 20.8 Å². The number of benzene rings is 1. The average molecular weight is 578 g/mol. The average Bonchev–Trinajstić information content (AvgIpc) is 2.52. The molecule has 1 aromatic carbocycles. The van der Waals surface area contributed by atoms with Crippen LogP contribution in [0.1, 0.15) is 67.9 Å². The van der Waals surface area contributed by atoms with E-state index in [1.54, 1.807) is 41.5 Å². The van der Waals surface area contributed by atoms with E-state index in [1.165, 1.54) is 0 Å². The molecular formula is C24H40INO5Si. The van der Waals surface area contributed by atoms with Gasteiger partial charge in [-0.15, -0.1) is 0 Å². The summed E-state index contributed by atoms with van der Waals surface area (Å²) in [5.74, 6) is 0.266. The lowest BCUT2D eigenvalue weighted by molar-refractivity contribution is -0.157. The van der Waals surface area contributed by atoms with E-state index in [4.69, 9.17) is 13.9 Å². The molecule has 0 unspecified atom stereocenters. The number of carbonyl (C=O) groups excluding carboxylic acids is 2. The first-order valence-electron chi connectivity index (χ1n) is 10.9. The lowest BCUT2D eigenvalue weighted by Crippen LogP contribution is -2.47. The summed E-state index contributed by atoms with van der Waals surface area (Å²) < 4.78 is 18.3. The Morgan fingerprint density at radius 2 is 1.50 bits per heavy atom. The van der Waals surface area contributed by atoms with E-state index in [2.05, 4.69) is 61.8 Å². The van der Waals surface area contributed by atoms with Gasteiger partial charge in [0.1, 0.15) is 23.0 Å². The first kappa shape index (κ1) is 28.7. The Morgan fingerprint density at radius 1 is 0.969 bits per heavy atom. The molecule has 0 aliphatic carbocycles. The van der Waals surface area contributed by atoms with E-state index < -0.39 is 37.6 Å². The van der Waals surface area contributed by atoms with Crippen LogP contribution >= 0.6 is 22.6 Å². The van der Waals surface area contributed by atoms with Crippen LogP contribution in [-0.4, -0.2) is 37.6 Å². The van der Waals surface area contributed by atoms with Crippen molar-refractivity contribution in [1.29, 1.82) is 0 Å². The maximum atomic E-state index is 12.9. The van der Waals surface area contributed by atoms with Gasteiger partial charge in [0, 0.05) is 9.99 Å². The lowest BCUT2D eigenvalue weighted by atomic mass is 10.1. The molecule has 1 rings (SSSR count). The third-order valence-electron chi connectivity index (χ3n) is 5.00. The topological polar surface area (TPSA) is 73.9 Å². The Labute approximate surface area is 208 Å². The van der Waals surface area contributed by atoms with Crippen molar-refractivity contribution in [2.24, 2.45) is 0 Å². The van der Waals surface area contributed by atoms with Gasteiger partial charge in [-0.25, -0.2) is 9.59 Å². The van der Waals surface area contributed by atoms with E-state index in [0.717, 1.165) is 14.9 Å². The van der Waals surface area contributed by atoms with Gasteiger partial charge in [-0.2, -0.15) is 0 Å². The zero-order valence-corrected chi connectivity index (χ0v) is 24.6. The number of rotatable bonds is 6. The van der Waals surface area contributed by atoms with Crippen molar-refractivity contribution < 1.29 is 23.5 Å². The number of alkyl carbamates (subject to hydrolysis) is 1. The minimum absolute atomic E-state index is 0.0630. The molecular weight excluding hydrogens is 537 g/mol. The Morgan fingerprint density at radius 3 is 1.97 bits per heavy atom. The first-order chi connectivity index (χ1) is 14.2. The Balaban J connectivity index is 3.19. The van der Waals surface area contributed by atoms with Crippen molar-refractivity contribution in [3.63, 3.8) is 0 Å². The number of esters is 1. The zero-order chi connectivity index (χ0) is 25.1. The van der Waals surface area contributed by atoms with E-state index in [9.17, 15) is 9.59 Å². The van der Waals surface area contributed by atoms with Crippen LogP contribution in [0, 0.1) is 3.57 Å². The van der Waals surface area contributed by atoms with Gasteiger partial charge in [0.25, 0.3) is 0 Å². The second-order valence-corrected chi connectivity index (χ2v) is 17.4. The van der Waals surface area contributed by atoms with Gasteiger partial charge in [-0.3, -0.25) is 0 Å². The summed E-state index contributed by atoms with van der Waals surface area (Å²) in [5.41, 5.74) is -0.451. The number of amides is 1. The molecule has 1 atom stereocenters. The van der Waals surface area contributed by atoms with Gasteiger partial charge in [0.15, 0.2) is 0 Å². The van der Waals surface area contributed by atoms with Crippen LogP contribution in [0.4, 0.5) is 4.79 Å². The van der Waals surface area contributed by atoms with Crippen molar-refractivity contribution in [3.05, 3.63) is 27.3 Å². The molecule has 0 saturated carbocycles. The lowest BCUT2D eigenvalue weighted by Gasteiger charge is -2.36. The highest BCUT2D eigenvalue weighted by Gasteiger charge is 2.39. The predicted octanol–water partition coefficient (Wildman–Crippen LogP) is 6.45. The Hall–Kier alpha value is -1.29. The standard InChI is InChI=1S/C24H40INO5Si/c1-22(2,3)29-20(27)19(26-21(28)30-23(4,5)6)15-16-14-17(12-13-18(16)25)31-32(10,11)24(7,8)9/h12-14,19H,15H2,1-11H3,(H,26,28)/t19-/m0/s1. The summed E-state index contributed by atoms with van der Waals surface area (Å²) >= 11 is 2.23. The molecule has 0 aliphatic heterocycles. The number of nitrogens with one attached hydrogen (secondary N) is 1. The van der Waals surface area contributed by atoms with Gasteiger partial charge in [-0.05, 0) is 106 Å². The number of hydrogen-bond donors (Lipinski definition) is 1.